The van der Waals surface area contributed by atoms with Gasteiger partial charge >= 0.3 is 0 Å². The summed E-state index contributed by atoms with van der Waals surface area (Å²) in [6.45, 7) is 3.20. The maximum atomic E-state index is 13.5. The number of hydrogen-bond acceptors (Lipinski definition) is 3. The molecule has 2 aromatic carbocycles. The van der Waals surface area contributed by atoms with Crippen LogP contribution in [0.3, 0.4) is 0 Å². The monoisotopic (exact) mass is 438 g/mol. The van der Waals surface area contributed by atoms with Gasteiger partial charge < -0.3 is 15.2 Å². The third-order valence-electron chi connectivity index (χ3n) is 5.02. The van der Waals surface area contributed by atoms with Gasteiger partial charge in [0.1, 0.15) is 11.6 Å². The number of rotatable bonds is 6. The number of nitrogens with zero attached hydrogens (tertiary/aromatic N) is 2. The van der Waals surface area contributed by atoms with Crippen molar-refractivity contribution >= 4 is 47.4 Å². The van der Waals surface area contributed by atoms with E-state index < -0.39 is 0 Å². The molecule has 1 heterocycles. The van der Waals surface area contributed by atoms with Gasteiger partial charge in [0.2, 0.25) is 5.91 Å². The summed E-state index contributed by atoms with van der Waals surface area (Å²) in [5.41, 5.74) is 4.19. The van der Waals surface area contributed by atoms with Crippen LogP contribution in [0.1, 0.15) is 18.4 Å². The highest BCUT2D eigenvalue weighted by Gasteiger charge is 2.20. The molecule has 1 aliphatic carbocycles. The third kappa shape index (κ3) is 5.26. The van der Waals surface area contributed by atoms with E-state index >= 15 is 0 Å². The highest BCUT2D eigenvalue weighted by molar-refractivity contribution is 5.93. The molecule has 1 fully saturated rings. The van der Waals surface area contributed by atoms with E-state index in [1.165, 1.54) is 25.0 Å². The number of anilines is 1. The standard InChI is InChI=1S/C21H23FN4O.2ClH/c1-13-9-15(21-25-18-10-16(22)6-8-19(18)26(21)2)5-7-17(13)24-20(27)12-23-11-14-3-4-14;;/h5-10,14,23H,3-4,11-12H2,1-2H3,(H,24,27);2*1H. The van der Waals surface area contributed by atoms with E-state index in [1.54, 1.807) is 6.07 Å². The summed E-state index contributed by atoms with van der Waals surface area (Å²) < 4.78 is 15.4. The smallest absolute Gasteiger partial charge is 0.238 e. The third-order valence-corrected chi connectivity index (χ3v) is 5.02. The van der Waals surface area contributed by atoms with Crippen molar-refractivity contribution in [3.8, 4) is 11.4 Å². The molecule has 5 nitrogen and oxygen atoms in total. The zero-order chi connectivity index (χ0) is 19.0. The molecule has 0 aliphatic heterocycles. The van der Waals surface area contributed by atoms with Crippen LogP contribution in [0.15, 0.2) is 36.4 Å². The molecule has 0 radical (unpaired) electrons. The van der Waals surface area contributed by atoms with E-state index in [0.29, 0.717) is 12.1 Å². The fourth-order valence-corrected chi connectivity index (χ4v) is 3.28. The fourth-order valence-electron chi connectivity index (χ4n) is 3.28. The van der Waals surface area contributed by atoms with E-state index in [9.17, 15) is 9.18 Å². The summed E-state index contributed by atoms with van der Waals surface area (Å²) in [7, 11) is 1.92. The second-order valence-electron chi connectivity index (χ2n) is 7.28. The van der Waals surface area contributed by atoms with Gasteiger partial charge in [0.25, 0.3) is 0 Å². The van der Waals surface area contributed by atoms with Gasteiger partial charge in [-0.3, -0.25) is 4.79 Å². The molecule has 1 aliphatic rings. The van der Waals surface area contributed by atoms with E-state index in [4.69, 9.17) is 0 Å². The Bertz CT molecular complexity index is 1020. The first-order valence-electron chi connectivity index (χ1n) is 9.25. The molecule has 156 valence electrons. The Morgan fingerprint density at radius 3 is 2.66 bits per heavy atom. The molecule has 4 rings (SSSR count). The number of benzene rings is 2. The summed E-state index contributed by atoms with van der Waals surface area (Å²) in [6.07, 6.45) is 2.54. The summed E-state index contributed by atoms with van der Waals surface area (Å²) in [6, 6.07) is 10.4. The number of nitrogens with one attached hydrogen (secondary N) is 2. The first-order valence-corrected chi connectivity index (χ1v) is 9.25. The Morgan fingerprint density at radius 2 is 1.97 bits per heavy atom. The Hall–Kier alpha value is -2.15. The van der Waals surface area contributed by atoms with Crippen molar-refractivity contribution in [3.05, 3.63) is 47.8 Å². The maximum absolute atomic E-state index is 13.5. The lowest BCUT2D eigenvalue weighted by Gasteiger charge is -2.11. The maximum Gasteiger partial charge on any atom is 0.238 e. The van der Waals surface area contributed by atoms with E-state index in [2.05, 4.69) is 15.6 Å². The molecular weight excluding hydrogens is 414 g/mol. The van der Waals surface area contributed by atoms with Crippen LogP contribution in [0.4, 0.5) is 10.1 Å². The average Bonchev–Trinajstić information content (AvgIpc) is 3.40. The van der Waals surface area contributed by atoms with Crippen molar-refractivity contribution in [1.82, 2.24) is 14.9 Å². The molecule has 3 aromatic rings. The van der Waals surface area contributed by atoms with Crippen LogP contribution in [0, 0.1) is 18.7 Å². The number of aryl methyl sites for hydroxylation is 2. The summed E-state index contributed by atoms with van der Waals surface area (Å²) in [4.78, 5) is 16.7. The van der Waals surface area contributed by atoms with Crippen molar-refractivity contribution < 1.29 is 9.18 Å². The van der Waals surface area contributed by atoms with Crippen LogP contribution in [-0.4, -0.2) is 28.5 Å². The highest BCUT2D eigenvalue weighted by Crippen LogP contribution is 2.28. The molecular formula is C21H25Cl2FN4O. The summed E-state index contributed by atoms with van der Waals surface area (Å²) >= 11 is 0. The molecule has 1 aromatic heterocycles. The Morgan fingerprint density at radius 1 is 1.21 bits per heavy atom. The molecule has 0 saturated heterocycles. The number of amides is 1. The first-order chi connectivity index (χ1) is 13.0. The molecule has 1 amide bonds. The second-order valence-corrected chi connectivity index (χ2v) is 7.28. The van der Waals surface area contributed by atoms with E-state index in [1.807, 2.05) is 36.7 Å². The summed E-state index contributed by atoms with van der Waals surface area (Å²) in [5.74, 6) is 1.18. The molecule has 1 saturated carbocycles. The zero-order valence-electron chi connectivity index (χ0n) is 16.4. The van der Waals surface area contributed by atoms with Crippen molar-refractivity contribution in [3.63, 3.8) is 0 Å². The number of carbonyl (C=O) groups is 1. The van der Waals surface area contributed by atoms with Crippen molar-refractivity contribution in [2.45, 2.75) is 19.8 Å². The normalized spacial score (nSPS) is 12.9. The van der Waals surface area contributed by atoms with Crippen LogP contribution in [0.25, 0.3) is 22.4 Å². The number of halogens is 3. The molecule has 0 spiro atoms. The lowest BCUT2D eigenvalue weighted by Crippen LogP contribution is -2.29. The number of fused-ring (bicyclic) bond motifs is 1. The minimum Gasteiger partial charge on any atom is -0.327 e. The largest absolute Gasteiger partial charge is 0.327 e. The van der Waals surface area contributed by atoms with Gasteiger partial charge in [0.15, 0.2) is 0 Å². The van der Waals surface area contributed by atoms with Crippen LogP contribution in [0.5, 0.6) is 0 Å². The van der Waals surface area contributed by atoms with Gasteiger partial charge in [-0.25, -0.2) is 9.37 Å². The molecule has 29 heavy (non-hydrogen) atoms. The Labute approximate surface area is 181 Å². The van der Waals surface area contributed by atoms with Crippen LogP contribution < -0.4 is 10.6 Å². The quantitative estimate of drug-likeness (QED) is 0.596. The highest BCUT2D eigenvalue weighted by atomic mass is 35.5. The number of hydrogen-bond donors (Lipinski definition) is 2. The SMILES string of the molecule is Cc1cc(-c2nc3cc(F)ccc3n2C)ccc1NC(=O)CNCC1CC1.Cl.Cl. The van der Waals surface area contributed by atoms with Gasteiger partial charge in [-0.2, -0.15) is 0 Å². The Balaban J connectivity index is 0.00000150. The van der Waals surface area contributed by atoms with Gasteiger partial charge in [-0.1, -0.05) is 0 Å². The van der Waals surface area contributed by atoms with Gasteiger partial charge in [0, 0.05) is 24.4 Å². The molecule has 0 bridgehead atoms. The fraction of sp³-hybridized carbons (Fsp3) is 0.333. The lowest BCUT2D eigenvalue weighted by atomic mass is 10.1. The molecule has 0 unspecified atom stereocenters. The van der Waals surface area contributed by atoms with Gasteiger partial charge in [-0.05, 0) is 68.1 Å². The second kappa shape index (κ2) is 9.57. The number of carbonyl (C=O) groups excluding carboxylic acids is 1. The summed E-state index contributed by atoms with van der Waals surface area (Å²) in [5, 5.41) is 6.15. The van der Waals surface area contributed by atoms with E-state index in [0.717, 1.165) is 40.6 Å². The van der Waals surface area contributed by atoms with E-state index in [-0.39, 0.29) is 36.5 Å². The predicted octanol–water partition coefficient (Wildman–Crippen LogP) is 4.47. The van der Waals surface area contributed by atoms with Crippen LogP contribution in [-0.2, 0) is 11.8 Å². The first kappa shape index (κ1) is 23.1. The molecule has 2 N–H and O–H groups in total. The van der Waals surface area contributed by atoms with Gasteiger partial charge in [-0.15, -0.1) is 24.8 Å². The van der Waals surface area contributed by atoms with Crippen LogP contribution in [0.2, 0.25) is 0 Å². The molecule has 0 atom stereocenters. The minimum atomic E-state index is -0.295. The number of imidazole rings is 1. The Kier molecular flexibility index (Phi) is 7.63. The lowest BCUT2D eigenvalue weighted by molar-refractivity contribution is -0.115. The van der Waals surface area contributed by atoms with Crippen molar-refractivity contribution in [2.24, 2.45) is 13.0 Å². The minimum absolute atomic E-state index is 0. The van der Waals surface area contributed by atoms with Gasteiger partial charge in [0.05, 0.1) is 17.6 Å². The topological polar surface area (TPSA) is 59.0 Å². The average molecular weight is 439 g/mol. The van der Waals surface area contributed by atoms with Crippen molar-refractivity contribution in [2.75, 3.05) is 18.4 Å². The van der Waals surface area contributed by atoms with Crippen LogP contribution >= 0.6 is 24.8 Å². The predicted molar refractivity (Wildman–Crippen MR) is 120 cm³/mol. The number of aromatic nitrogens is 2. The molecule has 8 heteroatoms. The van der Waals surface area contributed by atoms with Crippen molar-refractivity contribution in [1.29, 1.82) is 0 Å². The zero-order valence-corrected chi connectivity index (χ0v) is 18.0.